The molecule has 114 valence electrons. The van der Waals surface area contributed by atoms with Gasteiger partial charge >= 0.3 is 0 Å². The first-order valence-corrected chi connectivity index (χ1v) is 7.19. The van der Waals surface area contributed by atoms with Gasteiger partial charge in [0.15, 0.2) is 0 Å². The van der Waals surface area contributed by atoms with Crippen molar-refractivity contribution in [2.45, 2.75) is 12.5 Å². The number of halogens is 2. The Morgan fingerprint density at radius 1 is 1.41 bits per heavy atom. The van der Waals surface area contributed by atoms with Gasteiger partial charge in [0.25, 0.3) is 5.91 Å². The number of carbonyl (C=O) groups is 1. The van der Waals surface area contributed by atoms with Crippen molar-refractivity contribution >= 4 is 17.5 Å². The van der Waals surface area contributed by atoms with Crippen LogP contribution in [-0.2, 0) is 0 Å². The molecule has 0 radical (unpaired) electrons. The summed E-state index contributed by atoms with van der Waals surface area (Å²) in [7, 11) is 0. The van der Waals surface area contributed by atoms with Crippen molar-refractivity contribution in [3.05, 3.63) is 53.2 Å². The molecule has 1 unspecified atom stereocenters. The number of aromatic nitrogens is 2. The van der Waals surface area contributed by atoms with Gasteiger partial charge in [0.2, 0.25) is 5.88 Å². The molecule has 1 aromatic heterocycles. The fourth-order valence-electron chi connectivity index (χ4n) is 2.39. The number of benzene rings is 1. The highest BCUT2D eigenvalue weighted by Crippen LogP contribution is 2.24. The first kappa shape index (κ1) is 14.7. The fraction of sp³-hybridized carbons (Fsp3) is 0.267. The topological polar surface area (TPSA) is 55.3 Å². The van der Waals surface area contributed by atoms with Gasteiger partial charge in [-0.2, -0.15) is 0 Å². The van der Waals surface area contributed by atoms with Crippen LogP contribution in [0.4, 0.5) is 4.39 Å². The van der Waals surface area contributed by atoms with Crippen molar-refractivity contribution in [3.8, 4) is 5.88 Å². The lowest BCUT2D eigenvalue weighted by Gasteiger charge is -2.18. The Bertz CT molecular complexity index is 663. The van der Waals surface area contributed by atoms with Crippen LogP contribution in [0.3, 0.4) is 0 Å². The summed E-state index contributed by atoms with van der Waals surface area (Å²) in [5.74, 6) is -0.630. The average Bonchev–Trinajstić information content (AvgIpc) is 2.96. The predicted molar refractivity (Wildman–Crippen MR) is 78.4 cm³/mol. The first-order valence-electron chi connectivity index (χ1n) is 6.81. The standard InChI is InChI=1S/C15H13ClFN3O2/c16-11-2-1-3-12(17)14(11)15(21)20-7-4-10(9-20)22-13-8-18-5-6-19-13/h1-3,5-6,8,10H,4,7,9H2. The number of rotatable bonds is 3. The van der Waals surface area contributed by atoms with Gasteiger partial charge in [0.1, 0.15) is 11.9 Å². The van der Waals surface area contributed by atoms with Gasteiger partial charge < -0.3 is 9.64 Å². The molecule has 1 amide bonds. The molecule has 0 spiro atoms. The van der Waals surface area contributed by atoms with E-state index in [2.05, 4.69) is 9.97 Å². The Labute approximate surface area is 131 Å². The van der Waals surface area contributed by atoms with Crippen LogP contribution in [0.5, 0.6) is 5.88 Å². The number of carbonyl (C=O) groups excluding carboxylic acids is 1. The van der Waals surface area contributed by atoms with Crippen LogP contribution in [0.2, 0.25) is 5.02 Å². The lowest BCUT2D eigenvalue weighted by atomic mass is 10.2. The van der Waals surface area contributed by atoms with E-state index in [1.54, 1.807) is 6.20 Å². The smallest absolute Gasteiger partial charge is 0.258 e. The maximum Gasteiger partial charge on any atom is 0.258 e. The maximum absolute atomic E-state index is 13.8. The molecule has 1 atom stereocenters. The molecular formula is C15H13ClFN3O2. The summed E-state index contributed by atoms with van der Waals surface area (Å²) in [6, 6.07) is 4.20. The molecule has 3 rings (SSSR count). The second kappa shape index (κ2) is 6.27. The summed E-state index contributed by atoms with van der Waals surface area (Å²) in [5, 5.41) is 0.114. The number of hydrogen-bond acceptors (Lipinski definition) is 4. The van der Waals surface area contributed by atoms with E-state index in [1.807, 2.05) is 0 Å². The van der Waals surface area contributed by atoms with E-state index in [9.17, 15) is 9.18 Å². The highest BCUT2D eigenvalue weighted by Gasteiger charge is 2.30. The van der Waals surface area contributed by atoms with Crippen molar-refractivity contribution in [2.24, 2.45) is 0 Å². The average molecular weight is 322 g/mol. The molecule has 22 heavy (non-hydrogen) atoms. The summed E-state index contributed by atoms with van der Waals surface area (Å²) in [4.78, 5) is 21.9. The van der Waals surface area contributed by atoms with Gasteiger partial charge in [-0.3, -0.25) is 9.78 Å². The second-order valence-corrected chi connectivity index (χ2v) is 5.33. The van der Waals surface area contributed by atoms with Gasteiger partial charge in [-0.15, -0.1) is 0 Å². The van der Waals surface area contributed by atoms with Gasteiger partial charge in [0.05, 0.1) is 23.3 Å². The van der Waals surface area contributed by atoms with Crippen LogP contribution in [0.1, 0.15) is 16.8 Å². The molecular weight excluding hydrogens is 309 g/mol. The zero-order valence-electron chi connectivity index (χ0n) is 11.6. The van der Waals surface area contributed by atoms with Crippen molar-refractivity contribution in [2.75, 3.05) is 13.1 Å². The molecule has 1 aliphatic rings. The third-order valence-corrected chi connectivity index (χ3v) is 3.75. The Morgan fingerprint density at radius 3 is 3.00 bits per heavy atom. The van der Waals surface area contributed by atoms with E-state index in [4.69, 9.17) is 16.3 Å². The largest absolute Gasteiger partial charge is 0.471 e. The number of ether oxygens (including phenoxy) is 1. The second-order valence-electron chi connectivity index (χ2n) is 4.92. The Kier molecular flexibility index (Phi) is 4.20. The number of nitrogens with zero attached hydrogens (tertiary/aromatic N) is 3. The van der Waals surface area contributed by atoms with Gasteiger partial charge in [-0.25, -0.2) is 9.37 Å². The Morgan fingerprint density at radius 2 is 2.27 bits per heavy atom. The molecule has 1 fully saturated rings. The van der Waals surface area contributed by atoms with E-state index in [1.165, 1.54) is 35.5 Å². The van der Waals surface area contributed by atoms with Crippen LogP contribution in [0.15, 0.2) is 36.8 Å². The zero-order chi connectivity index (χ0) is 15.5. The van der Waals surface area contributed by atoms with Crippen molar-refractivity contribution in [1.29, 1.82) is 0 Å². The third kappa shape index (κ3) is 3.01. The molecule has 0 bridgehead atoms. The van der Waals surface area contributed by atoms with Crippen LogP contribution >= 0.6 is 11.6 Å². The number of hydrogen-bond donors (Lipinski definition) is 0. The molecule has 5 nitrogen and oxygen atoms in total. The lowest BCUT2D eigenvalue weighted by molar-refractivity contribution is 0.0766. The maximum atomic E-state index is 13.8. The van der Waals surface area contributed by atoms with E-state index in [0.29, 0.717) is 25.4 Å². The highest BCUT2D eigenvalue weighted by molar-refractivity contribution is 6.33. The minimum atomic E-state index is -0.615. The van der Waals surface area contributed by atoms with E-state index < -0.39 is 11.7 Å². The van der Waals surface area contributed by atoms with E-state index in [-0.39, 0.29) is 16.7 Å². The van der Waals surface area contributed by atoms with Crippen LogP contribution in [0, 0.1) is 5.82 Å². The minimum Gasteiger partial charge on any atom is -0.471 e. The monoisotopic (exact) mass is 321 g/mol. The van der Waals surface area contributed by atoms with Gasteiger partial charge in [-0.05, 0) is 12.1 Å². The highest BCUT2D eigenvalue weighted by atomic mass is 35.5. The summed E-state index contributed by atoms with van der Waals surface area (Å²) < 4.78 is 19.5. The molecule has 2 heterocycles. The number of amides is 1. The van der Waals surface area contributed by atoms with Crippen LogP contribution in [0.25, 0.3) is 0 Å². The van der Waals surface area contributed by atoms with E-state index in [0.717, 1.165) is 0 Å². The summed E-state index contributed by atoms with van der Waals surface area (Å²) in [6.45, 7) is 0.842. The van der Waals surface area contributed by atoms with Crippen molar-refractivity contribution in [3.63, 3.8) is 0 Å². The molecule has 1 aliphatic heterocycles. The quantitative estimate of drug-likeness (QED) is 0.872. The predicted octanol–water partition coefficient (Wildman–Crippen LogP) is 2.56. The van der Waals surface area contributed by atoms with Gasteiger partial charge in [0, 0.05) is 25.4 Å². The molecule has 1 aromatic carbocycles. The molecule has 7 heteroatoms. The van der Waals surface area contributed by atoms with Crippen LogP contribution in [-0.4, -0.2) is 40.0 Å². The molecule has 2 aromatic rings. The van der Waals surface area contributed by atoms with Gasteiger partial charge in [-0.1, -0.05) is 17.7 Å². The zero-order valence-corrected chi connectivity index (χ0v) is 12.3. The molecule has 0 aliphatic carbocycles. The third-order valence-electron chi connectivity index (χ3n) is 3.44. The fourth-order valence-corrected chi connectivity index (χ4v) is 2.63. The van der Waals surface area contributed by atoms with Crippen molar-refractivity contribution in [1.82, 2.24) is 14.9 Å². The summed E-state index contributed by atoms with van der Waals surface area (Å²) >= 11 is 5.93. The SMILES string of the molecule is O=C(c1c(F)cccc1Cl)N1CCC(Oc2cnccn2)C1. The van der Waals surface area contributed by atoms with Crippen LogP contribution < -0.4 is 4.74 Å². The molecule has 0 saturated carbocycles. The summed E-state index contributed by atoms with van der Waals surface area (Å²) in [5.41, 5.74) is -0.0932. The Balaban J connectivity index is 1.69. The molecule has 0 N–H and O–H groups in total. The summed E-state index contributed by atoms with van der Waals surface area (Å²) in [6.07, 6.45) is 5.06. The lowest BCUT2D eigenvalue weighted by Crippen LogP contribution is -2.31. The first-order chi connectivity index (χ1) is 10.6. The normalized spacial score (nSPS) is 17.5. The minimum absolute atomic E-state index is 0.0932. The number of likely N-dealkylation sites (tertiary alicyclic amines) is 1. The van der Waals surface area contributed by atoms with E-state index >= 15 is 0 Å². The Hall–Kier alpha value is -2.21. The van der Waals surface area contributed by atoms with Crippen molar-refractivity contribution < 1.29 is 13.9 Å². The molecule has 1 saturated heterocycles.